The Morgan fingerprint density at radius 1 is 0.778 bits per heavy atom. The quantitative estimate of drug-likeness (QED) is 0.615. The lowest BCUT2D eigenvalue weighted by atomic mass is 10.2. The van der Waals surface area contributed by atoms with Crippen molar-refractivity contribution in [2.24, 2.45) is 5.10 Å². The van der Waals surface area contributed by atoms with E-state index in [-0.39, 0.29) is 6.35 Å². The molecule has 0 fully saturated rings. The number of rotatable bonds is 6. The minimum absolute atomic E-state index is 0.329. The predicted octanol–water partition coefficient (Wildman–Crippen LogP) is 5.09. The molecular weight excluding hydrogens is 334 g/mol. The van der Waals surface area contributed by atoms with Gasteiger partial charge in [0.25, 0.3) is 0 Å². The number of para-hydroxylation sites is 2. The molecule has 0 N–H and O–H groups in total. The molecule has 0 saturated carbocycles. The zero-order valence-electron chi connectivity index (χ0n) is 15.4. The van der Waals surface area contributed by atoms with Gasteiger partial charge in [-0.3, -0.25) is 4.90 Å². The fourth-order valence-electron chi connectivity index (χ4n) is 3.17. The Morgan fingerprint density at radius 3 is 1.93 bits per heavy atom. The molecule has 1 aliphatic rings. The van der Waals surface area contributed by atoms with Crippen molar-refractivity contribution in [3.8, 4) is 0 Å². The third-order valence-electron chi connectivity index (χ3n) is 4.42. The van der Waals surface area contributed by atoms with Crippen LogP contribution in [0.15, 0.2) is 96.1 Å². The molecule has 1 aliphatic heterocycles. The van der Waals surface area contributed by atoms with E-state index in [1.165, 1.54) is 0 Å². The zero-order chi connectivity index (χ0) is 18.5. The number of hydrazone groups is 1. The Bertz CT molecular complexity index is 881. The summed E-state index contributed by atoms with van der Waals surface area (Å²) >= 11 is 0. The summed E-state index contributed by atoms with van der Waals surface area (Å²) in [5.74, 6) is 0.881. The summed E-state index contributed by atoms with van der Waals surface area (Å²) in [5.41, 5.74) is 3.12. The monoisotopic (exact) mass is 357 g/mol. The van der Waals surface area contributed by atoms with Crippen LogP contribution in [-0.2, 0) is 4.74 Å². The first-order chi connectivity index (χ1) is 13.4. The molecule has 4 nitrogen and oxygen atoms in total. The van der Waals surface area contributed by atoms with Crippen molar-refractivity contribution in [2.75, 3.05) is 16.5 Å². The van der Waals surface area contributed by atoms with Crippen molar-refractivity contribution in [3.05, 3.63) is 96.6 Å². The van der Waals surface area contributed by atoms with E-state index in [1.807, 2.05) is 59.6 Å². The number of hydrogen-bond acceptors (Lipinski definition) is 4. The van der Waals surface area contributed by atoms with Gasteiger partial charge in [0.05, 0.1) is 12.3 Å². The SMILES string of the molecule is CCCOC1N(c2ccccc2)N=C(c2ccccc2)N1c1ccccc1. The van der Waals surface area contributed by atoms with E-state index in [4.69, 9.17) is 9.84 Å². The van der Waals surface area contributed by atoms with E-state index in [1.54, 1.807) is 0 Å². The summed E-state index contributed by atoms with van der Waals surface area (Å²) in [6, 6.07) is 30.7. The average molecular weight is 357 g/mol. The lowest BCUT2D eigenvalue weighted by Crippen LogP contribution is -2.45. The molecule has 3 aromatic rings. The third-order valence-corrected chi connectivity index (χ3v) is 4.42. The van der Waals surface area contributed by atoms with Crippen molar-refractivity contribution in [1.82, 2.24) is 0 Å². The lowest BCUT2D eigenvalue weighted by molar-refractivity contribution is 0.0631. The second kappa shape index (κ2) is 8.06. The van der Waals surface area contributed by atoms with E-state index in [0.29, 0.717) is 6.61 Å². The number of hydrogen-bond donors (Lipinski definition) is 0. The van der Waals surface area contributed by atoms with Crippen LogP contribution in [-0.4, -0.2) is 18.8 Å². The van der Waals surface area contributed by atoms with Gasteiger partial charge in [0.15, 0.2) is 5.84 Å². The first-order valence-corrected chi connectivity index (χ1v) is 9.32. The minimum Gasteiger partial charge on any atom is -0.339 e. The molecule has 27 heavy (non-hydrogen) atoms. The van der Waals surface area contributed by atoms with Crippen LogP contribution in [0.5, 0.6) is 0 Å². The fourth-order valence-corrected chi connectivity index (χ4v) is 3.17. The summed E-state index contributed by atoms with van der Waals surface area (Å²) in [4.78, 5) is 2.16. The summed E-state index contributed by atoms with van der Waals surface area (Å²) < 4.78 is 6.28. The summed E-state index contributed by atoms with van der Waals surface area (Å²) in [6.45, 7) is 2.78. The second-order valence-corrected chi connectivity index (χ2v) is 6.37. The predicted molar refractivity (Wildman–Crippen MR) is 111 cm³/mol. The molecule has 136 valence electrons. The second-order valence-electron chi connectivity index (χ2n) is 6.37. The van der Waals surface area contributed by atoms with Crippen LogP contribution >= 0.6 is 0 Å². The van der Waals surface area contributed by atoms with Gasteiger partial charge in [-0.1, -0.05) is 73.7 Å². The molecule has 0 saturated heterocycles. The zero-order valence-corrected chi connectivity index (χ0v) is 15.4. The maximum absolute atomic E-state index is 6.28. The van der Waals surface area contributed by atoms with Crippen LogP contribution in [0.3, 0.4) is 0 Å². The normalized spacial score (nSPS) is 16.5. The Hall–Kier alpha value is -3.11. The first kappa shape index (κ1) is 17.3. The highest BCUT2D eigenvalue weighted by atomic mass is 16.5. The standard InChI is InChI=1S/C23H23N3O/c1-2-18-27-23-25(20-14-8-4-9-15-20)22(19-12-6-3-7-13-19)24-26(23)21-16-10-5-11-17-21/h3-17,23H,2,18H2,1H3. The molecule has 3 aromatic carbocycles. The number of amidine groups is 1. The largest absolute Gasteiger partial charge is 0.339 e. The molecule has 0 aliphatic carbocycles. The molecule has 4 heteroatoms. The maximum Gasteiger partial charge on any atom is 0.235 e. The van der Waals surface area contributed by atoms with Crippen molar-refractivity contribution in [1.29, 1.82) is 0 Å². The van der Waals surface area contributed by atoms with Gasteiger partial charge in [-0.25, -0.2) is 5.01 Å². The summed E-state index contributed by atoms with van der Waals surface area (Å²) in [7, 11) is 0. The highest BCUT2D eigenvalue weighted by Gasteiger charge is 2.37. The number of anilines is 2. The van der Waals surface area contributed by atoms with Crippen LogP contribution in [0.1, 0.15) is 18.9 Å². The van der Waals surface area contributed by atoms with Crippen LogP contribution in [0, 0.1) is 0 Å². The van der Waals surface area contributed by atoms with Crippen molar-refractivity contribution >= 4 is 17.2 Å². The van der Waals surface area contributed by atoms with Gasteiger partial charge in [-0.2, -0.15) is 0 Å². The van der Waals surface area contributed by atoms with E-state index < -0.39 is 0 Å². The van der Waals surface area contributed by atoms with E-state index in [2.05, 4.69) is 48.2 Å². The topological polar surface area (TPSA) is 28.1 Å². The van der Waals surface area contributed by atoms with Crippen LogP contribution < -0.4 is 9.91 Å². The fraction of sp³-hybridized carbons (Fsp3) is 0.174. The Morgan fingerprint density at radius 2 is 1.33 bits per heavy atom. The highest BCUT2D eigenvalue weighted by molar-refractivity contribution is 6.12. The summed E-state index contributed by atoms with van der Waals surface area (Å²) in [6.07, 6.45) is 0.618. The average Bonchev–Trinajstić information content (AvgIpc) is 3.13. The lowest BCUT2D eigenvalue weighted by Gasteiger charge is -2.31. The van der Waals surface area contributed by atoms with Gasteiger partial charge in [-0.05, 0) is 30.7 Å². The van der Waals surface area contributed by atoms with E-state index in [9.17, 15) is 0 Å². The molecule has 0 radical (unpaired) electrons. The molecule has 0 spiro atoms. The summed E-state index contributed by atoms with van der Waals surface area (Å²) in [5, 5.41) is 6.93. The van der Waals surface area contributed by atoms with Gasteiger partial charge < -0.3 is 4.74 Å². The molecule has 0 bridgehead atoms. The molecular formula is C23H23N3O. The van der Waals surface area contributed by atoms with Crippen LogP contribution in [0.25, 0.3) is 0 Å². The number of nitrogens with zero attached hydrogens (tertiary/aromatic N) is 3. The molecule has 0 amide bonds. The molecule has 1 atom stereocenters. The van der Waals surface area contributed by atoms with Crippen LogP contribution in [0.4, 0.5) is 11.4 Å². The molecule has 0 aromatic heterocycles. The van der Waals surface area contributed by atoms with Gasteiger partial charge in [0, 0.05) is 11.3 Å². The van der Waals surface area contributed by atoms with E-state index in [0.717, 1.165) is 29.2 Å². The van der Waals surface area contributed by atoms with Gasteiger partial charge >= 0.3 is 0 Å². The smallest absolute Gasteiger partial charge is 0.235 e. The molecule has 1 unspecified atom stereocenters. The highest BCUT2D eigenvalue weighted by Crippen LogP contribution is 2.32. The van der Waals surface area contributed by atoms with Crippen molar-refractivity contribution in [3.63, 3.8) is 0 Å². The molecule has 4 rings (SSSR count). The molecule has 1 heterocycles. The Balaban J connectivity index is 1.82. The van der Waals surface area contributed by atoms with Gasteiger partial charge in [-0.15, -0.1) is 5.10 Å². The Kier molecular flexibility index (Phi) is 5.17. The third kappa shape index (κ3) is 3.57. The van der Waals surface area contributed by atoms with Crippen LogP contribution in [0.2, 0.25) is 0 Å². The minimum atomic E-state index is -0.329. The number of benzene rings is 3. The Labute approximate surface area is 160 Å². The number of ether oxygens (including phenoxy) is 1. The van der Waals surface area contributed by atoms with E-state index >= 15 is 0 Å². The van der Waals surface area contributed by atoms with Crippen molar-refractivity contribution < 1.29 is 4.74 Å². The van der Waals surface area contributed by atoms with Crippen molar-refractivity contribution in [2.45, 2.75) is 19.7 Å². The van der Waals surface area contributed by atoms with Gasteiger partial charge in [0.2, 0.25) is 6.35 Å². The van der Waals surface area contributed by atoms with Gasteiger partial charge in [0.1, 0.15) is 0 Å². The maximum atomic E-state index is 6.28. The first-order valence-electron chi connectivity index (χ1n) is 9.32.